The number of pyridine rings is 2. The molecule has 1 aliphatic rings. The quantitative estimate of drug-likeness (QED) is 0.486. The van der Waals surface area contributed by atoms with Crippen molar-refractivity contribution in [2.45, 2.75) is 12.5 Å². The van der Waals surface area contributed by atoms with Gasteiger partial charge < -0.3 is 15.8 Å². The number of allylic oxidation sites excluding steroid dienone is 1. The Bertz CT molecular complexity index is 1310. The zero-order valence-corrected chi connectivity index (χ0v) is 16.2. The molecule has 0 saturated heterocycles. The van der Waals surface area contributed by atoms with Crippen LogP contribution in [0, 0.1) is 0 Å². The second kappa shape index (κ2) is 6.85. The van der Waals surface area contributed by atoms with E-state index in [0.717, 1.165) is 27.7 Å². The van der Waals surface area contributed by atoms with Gasteiger partial charge in [0, 0.05) is 47.5 Å². The average molecular weight is 397 g/mol. The maximum Gasteiger partial charge on any atom is 0.220 e. The van der Waals surface area contributed by atoms with Crippen LogP contribution < -0.4 is 5.73 Å². The summed E-state index contributed by atoms with van der Waals surface area (Å²) < 4.78 is 0. The van der Waals surface area contributed by atoms with Crippen LogP contribution in [0.25, 0.3) is 27.9 Å². The lowest BCUT2D eigenvalue weighted by atomic mass is 9.92. The van der Waals surface area contributed by atoms with E-state index >= 15 is 0 Å². The number of nitrogen functional groups attached to an aromatic ring is 1. The first-order valence-corrected chi connectivity index (χ1v) is 9.48. The normalized spacial score (nSPS) is 15.3. The molecule has 0 bridgehead atoms. The number of aliphatic imine (C=N–C) groups is 1. The van der Waals surface area contributed by atoms with Gasteiger partial charge in [-0.3, -0.25) is 9.98 Å². The van der Waals surface area contributed by atoms with Crippen LogP contribution in [0.1, 0.15) is 23.7 Å². The fraction of sp³-hybridized carbons (Fsp3) is 0.136. The lowest BCUT2D eigenvalue weighted by Crippen LogP contribution is -2.25. The molecule has 4 aromatic rings. The summed E-state index contributed by atoms with van der Waals surface area (Å²) in [6.45, 7) is 2.36. The predicted octanol–water partition coefficient (Wildman–Crippen LogP) is 2.72. The average Bonchev–Trinajstić information content (AvgIpc) is 3.43. The molecule has 148 valence electrons. The Balaban J connectivity index is 1.64. The van der Waals surface area contributed by atoms with Crippen molar-refractivity contribution in [3.05, 3.63) is 71.9 Å². The number of anilines is 1. The zero-order valence-electron chi connectivity index (χ0n) is 16.2. The van der Waals surface area contributed by atoms with Gasteiger partial charge in [0.15, 0.2) is 0 Å². The Kier molecular flexibility index (Phi) is 4.14. The number of nitrogens with one attached hydrogen (secondary N) is 1. The SMILES string of the molecule is CC(O)(c1ccncc1)c1cc(-c2c[nH]c3ncc(C4=CCN=C4)cc23)nc(N)n1. The topological polar surface area (TPSA) is 126 Å². The molecule has 5 rings (SSSR count). The third-order valence-electron chi connectivity index (χ3n) is 5.27. The Labute approximate surface area is 172 Å². The summed E-state index contributed by atoms with van der Waals surface area (Å²) in [5, 5.41) is 12.1. The van der Waals surface area contributed by atoms with Crippen LogP contribution in [0.2, 0.25) is 0 Å². The van der Waals surface area contributed by atoms with E-state index < -0.39 is 5.60 Å². The summed E-state index contributed by atoms with van der Waals surface area (Å²) >= 11 is 0. The van der Waals surface area contributed by atoms with Crippen LogP contribution in [0.5, 0.6) is 0 Å². The lowest BCUT2D eigenvalue weighted by molar-refractivity contribution is 0.0974. The van der Waals surface area contributed by atoms with E-state index in [1.807, 2.05) is 18.6 Å². The van der Waals surface area contributed by atoms with Gasteiger partial charge in [-0.25, -0.2) is 15.0 Å². The van der Waals surface area contributed by atoms with E-state index in [1.54, 1.807) is 37.5 Å². The second-order valence-corrected chi connectivity index (χ2v) is 7.28. The Morgan fingerprint density at radius 1 is 1.17 bits per heavy atom. The van der Waals surface area contributed by atoms with Crippen LogP contribution >= 0.6 is 0 Å². The molecule has 30 heavy (non-hydrogen) atoms. The summed E-state index contributed by atoms with van der Waals surface area (Å²) in [6.07, 6.45) is 10.8. The van der Waals surface area contributed by atoms with Crippen LogP contribution in [-0.2, 0) is 5.60 Å². The second-order valence-electron chi connectivity index (χ2n) is 7.28. The highest BCUT2D eigenvalue weighted by Gasteiger charge is 2.29. The number of H-pyrrole nitrogens is 1. The minimum absolute atomic E-state index is 0.0842. The van der Waals surface area contributed by atoms with E-state index in [-0.39, 0.29) is 5.95 Å². The number of nitrogens with zero attached hydrogens (tertiary/aromatic N) is 5. The number of fused-ring (bicyclic) bond motifs is 1. The van der Waals surface area contributed by atoms with Gasteiger partial charge in [-0.15, -0.1) is 0 Å². The lowest BCUT2D eigenvalue weighted by Gasteiger charge is -2.23. The molecule has 0 spiro atoms. The summed E-state index contributed by atoms with van der Waals surface area (Å²) in [5.41, 5.74) is 9.93. The van der Waals surface area contributed by atoms with Crippen molar-refractivity contribution in [3.63, 3.8) is 0 Å². The molecule has 0 aliphatic carbocycles. The van der Waals surface area contributed by atoms with E-state index in [1.165, 1.54) is 0 Å². The molecule has 4 aromatic heterocycles. The van der Waals surface area contributed by atoms with Gasteiger partial charge in [0.1, 0.15) is 11.2 Å². The smallest absolute Gasteiger partial charge is 0.220 e. The van der Waals surface area contributed by atoms with Crippen molar-refractivity contribution in [1.82, 2.24) is 24.9 Å². The van der Waals surface area contributed by atoms with E-state index in [9.17, 15) is 5.11 Å². The van der Waals surface area contributed by atoms with Gasteiger partial charge in [-0.05, 0) is 42.3 Å². The molecule has 0 aromatic carbocycles. The summed E-state index contributed by atoms with van der Waals surface area (Å²) in [5.74, 6) is 0.0842. The molecule has 1 aliphatic heterocycles. The number of hydrogen-bond acceptors (Lipinski definition) is 7. The number of aromatic amines is 1. The van der Waals surface area contributed by atoms with Crippen LogP contribution in [0.4, 0.5) is 5.95 Å². The number of nitrogens with two attached hydrogens (primary N) is 1. The minimum atomic E-state index is -1.35. The molecule has 8 nitrogen and oxygen atoms in total. The number of aliphatic hydroxyl groups is 1. The molecule has 0 amide bonds. The third kappa shape index (κ3) is 3.03. The standard InChI is InChI=1S/C22H19N7O/c1-22(30,15-3-6-24-7-4-15)19-9-18(28-21(23)29-19)17-12-27-20-16(17)8-14(11-26-20)13-2-5-25-10-13/h2-4,6-12,30H,5H2,1H3,(H,26,27)(H2,23,28,29). The Morgan fingerprint density at radius 2 is 2.00 bits per heavy atom. The molecule has 5 heterocycles. The van der Waals surface area contributed by atoms with Gasteiger partial charge in [-0.1, -0.05) is 6.08 Å². The first-order chi connectivity index (χ1) is 14.5. The number of rotatable bonds is 4. The Hall–Kier alpha value is -3.91. The molecule has 0 saturated carbocycles. The van der Waals surface area contributed by atoms with Crippen molar-refractivity contribution in [1.29, 1.82) is 0 Å². The predicted molar refractivity (Wildman–Crippen MR) is 116 cm³/mol. The van der Waals surface area contributed by atoms with Gasteiger partial charge >= 0.3 is 0 Å². The molecule has 8 heteroatoms. The molecular weight excluding hydrogens is 378 g/mol. The van der Waals surface area contributed by atoms with E-state index in [0.29, 0.717) is 23.5 Å². The minimum Gasteiger partial charge on any atom is -0.379 e. The van der Waals surface area contributed by atoms with Gasteiger partial charge in [-0.2, -0.15) is 0 Å². The van der Waals surface area contributed by atoms with Crippen molar-refractivity contribution >= 4 is 28.8 Å². The van der Waals surface area contributed by atoms with Crippen molar-refractivity contribution in [2.24, 2.45) is 4.99 Å². The maximum absolute atomic E-state index is 11.2. The van der Waals surface area contributed by atoms with Crippen molar-refractivity contribution in [2.75, 3.05) is 12.3 Å². The Morgan fingerprint density at radius 3 is 2.77 bits per heavy atom. The summed E-state index contributed by atoms with van der Waals surface area (Å²) in [7, 11) is 0. The van der Waals surface area contributed by atoms with Crippen molar-refractivity contribution < 1.29 is 5.11 Å². The third-order valence-corrected chi connectivity index (χ3v) is 5.27. The summed E-state index contributed by atoms with van der Waals surface area (Å²) in [4.78, 5) is 24.7. The highest BCUT2D eigenvalue weighted by molar-refractivity contribution is 6.12. The molecule has 1 unspecified atom stereocenters. The number of aromatic nitrogens is 5. The van der Waals surface area contributed by atoms with Crippen molar-refractivity contribution in [3.8, 4) is 11.3 Å². The van der Waals surface area contributed by atoms with E-state index in [2.05, 4.69) is 42.1 Å². The van der Waals surface area contributed by atoms with Gasteiger partial charge in [0.2, 0.25) is 5.95 Å². The highest BCUT2D eigenvalue weighted by Crippen LogP contribution is 2.33. The zero-order chi connectivity index (χ0) is 20.7. The monoisotopic (exact) mass is 397 g/mol. The number of hydrogen-bond donors (Lipinski definition) is 3. The highest BCUT2D eigenvalue weighted by atomic mass is 16.3. The van der Waals surface area contributed by atoms with Crippen LogP contribution in [0.15, 0.2) is 60.1 Å². The molecular formula is C22H19N7O. The largest absolute Gasteiger partial charge is 0.379 e. The molecule has 4 N–H and O–H groups in total. The van der Waals surface area contributed by atoms with Gasteiger partial charge in [0.25, 0.3) is 0 Å². The van der Waals surface area contributed by atoms with Crippen LogP contribution in [0.3, 0.4) is 0 Å². The van der Waals surface area contributed by atoms with Gasteiger partial charge in [0.05, 0.1) is 17.9 Å². The first kappa shape index (κ1) is 18.1. The molecule has 1 atom stereocenters. The fourth-order valence-corrected chi connectivity index (χ4v) is 3.60. The van der Waals surface area contributed by atoms with E-state index in [4.69, 9.17) is 5.73 Å². The summed E-state index contributed by atoms with van der Waals surface area (Å²) in [6, 6.07) is 7.30. The first-order valence-electron chi connectivity index (χ1n) is 9.48. The maximum atomic E-state index is 11.2. The molecule has 0 radical (unpaired) electrons. The fourth-order valence-electron chi connectivity index (χ4n) is 3.60. The van der Waals surface area contributed by atoms with Crippen LogP contribution in [-0.4, -0.2) is 42.8 Å². The molecule has 0 fully saturated rings.